The number of likely N-dealkylation sites (N-methyl/N-ethyl adjacent to an activating group) is 1. The first-order valence-electron chi connectivity index (χ1n) is 8.07. The van der Waals surface area contributed by atoms with Gasteiger partial charge in [0.25, 0.3) is 5.91 Å². The smallest absolute Gasteiger partial charge is 0.287 e. The van der Waals surface area contributed by atoms with E-state index in [9.17, 15) is 9.59 Å². The van der Waals surface area contributed by atoms with Crippen molar-refractivity contribution < 1.29 is 18.4 Å². The number of fused-ring (bicyclic) bond motifs is 1. The lowest BCUT2D eigenvalue weighted by molar-refractivity contribution is -0.133. The topological polar surface area (TPSA) is 75.7 Å². The van der Waals surface area contributed by atoms with E-state index in [4.69, 9.17) is 8.83 Å². The van der Waals surface area contributed by atoms with Crippen LogP contribution < -0.4 is 5.32 Å². The number of nitrogens with one attached hydrogen (secondary N) is 1. The van der Waals surface area contributed by atoms with Crippen molar-refractivity contribution in [1.82, 2.24) is 10.2 Å². The van der Waals surface area contributed by atoms with E-state index in [1.54, 1.807) is 31.0 Å². The molecule has 130 valence electrons. The van der Waals surface area contributed by atoms with E-state index >= 15 is 0 Å². The number of amides is 2. The summed E-state index contributed by atoms with van der Waals surface area (Å²) in [7, 11) is 1.69. The van der Waals surface area contributed by atoms with Crippen LogP contribution in [0.2, 0.25) is 0 Å². The van der Waals surface area contributed by atoms with Crippen LogP contribution in [0.5, 0.6) is 0 Å². The van der Waals surface area contributed by atoms with E-state index in [1.165, 1.54) is 6.26 Å². The number of hydrogen-bond donors (Lipinski definition) is 1. The molecule has 3 rings (SSSR count). The Morgan fingerprint density at radius 1 is 1.12 bits per heavy atom. The predicted octanol–water partition coefficient (Wildman–Crippen LogP) is 3.36. The molecule has 1 N–H and O–H groups in total. The molecule has 6 heteroatoms. The third kappa shape index (κ3) is 3.42. The average molecular weight is 340 g/mol. The quantitative estimate of drug-likeness (QED) is 0.773. The van der Waals surface area contributed by atoms with Gasteiger partial charge >= 0.3 is 0 Å². The highest BCUT2D eigenvalue weighted by Gasteiger charge is 2.26. The molecule has 3 aromatic rings. The average Bonchev–Trinajstić information content (AvgIpc) is 3.28. The molecule has 2 amide bonds. The van der Waals surface area contributed by atoms with Gasteiger partial charge in [-0.3, -0.25) is 9.59 Å². The molecule has 0 aliphatic rings. The molecule has 2 atom stereocenters. The molecule has 6 nitrogen and oxygen atoms in total. The SMILES string of the molecule is CC(NC(=O)c1ccco1)C(=O)N(C)C(C)c1cc2ccccc2o1. The monoisotopic (exact) mass is 340 g/mol. The lowest BCUT2D eigenvalue weighted by Crippen LogP contribution is -2.46. The first kappa shape index (κ1) is 16.8. The Balaban J connectivity index is 1.69. The van der Waals surface area contributed by atoms with Crippen LogP contribution in [-0.2, 0) is 4.79 Å². The van der Waals surface area contributed by atoms with Gasteiger partial charge in [0, 0.05) is 12.4 Å². The normalized spacial score (nSPS) is 13.4. The molecule has 2 aromatic heterocycles. The summed E-state index contributed by atoms with van der Waals surface area (Å²) in [5.41, 5.74) is 0.782. The van der Waals surface area contributed by atoms with Gasteiger partial charge in [0.2, 0.25) is 5.91 Å². The van der Waals surface area contributed by atoms with Crippen LogP contribution in [0.3, 0.4) is 0 Å². The molecule has 0 fully saturated rings. The molecule has 0 aliphatic heterocycles. The van der Waals surface area contributed by atoms with Crippen LogP contribution >= 0.6 is 0 Å². The van der Waals surface area contributed by atoms with Crippen LogP contribution in [0.1, 0.15) is 36.2 Å². The van der Waals surface area contributed by atoms with Crippen molar-refractivity contribution in [1.29, 1.82) is 0 Å². The van der Waals surface area contributed by atoms with Crippen LogP contribution in [-0.4, -0.2) is 29.8 Å². The van der Waals surface area contributed by atoms with E-state index < -0.39 is 11.9 Å². The Labute approximate surface area is 145 Å². The number of hydrogen-bond acceptors (Lipinski definition) is 4. The minimum absolute atomic E-state index is 0.174. The molecular weight excluding hydrogens is 320 g/mol. The molecule has 0 saturated heterocycles. The molecule has 25 heavy (non-hydrogen) atoms. The first-order valence-corrected chi connectivity index (χ1v) is 8.07. The largest absolute Gasteiger partial charge is 0.459 e. The van der Waals surface area contributed by atoms with Gasteiger partial charge < -0.3 is 19.1 Å². The second kappa shape index (κ2) is 6.84. The van der Waals surface area contributed by atoms with E-state index in [0.29, 0.717) is 5.76 Å². The fraction of sp³-hybridized carbons (Fsp3) is 0.263. The Bertz CT molecular complexity index is 849. The highest BCUT2D eigenvalue weighted by atomic mass is 16.3. The fourth-order valence-electron chi connectivity index (χ4n) is 2.63. The number of carbonyl (C=O) groups excluding carboxylic acids is 2. The fourth-order valence-corrected chi connectivity index (χ4v) is 2.63. The molecule has 0 bridgehead atoms. The lowest BCUT2D eigenvalue weighted by Gasteiger charge is -2.26. The second-order valence-electron chi connectivity index (χ2n) is 5.98. The molecule has 0 radical (unpaired) electrons. The van der Waals surface area contributed by atoms with Crippen LogP contribution in [0.25, 0.3) is 11.0 Å². The van der Waals surface area contributed by atoms with E-state index in [0.717, 1.165) is 11.0 Å². The van der Waals surface area contributed by atoms with Crippen molar-refractivity contribution in [3.8, 4) is 0 Å². The summed E-state index contributed by atoms with van der Waals surface area (Å²) in [5.74, 6) is 0.234. The maximum absolute atomic E-state index is 12.6. The maximum Gasteiger partial charge on any atom is 0.287 e. The van der Waals surface area contributed by atoms with Crippen LogP contribution in [0.15, 0.2) is 57.6 Å². The zero-order valence-corrected chi connectivity index (χ0v) is 14.4. The summed E-state index contributed by atoms with van der Waals surface area (Å²) in [5, 5.41) is 3.63. The Morgan fingerprint density at radius 3 is 2.56 bits per heavy atom. The summed E-state index contributed by atoms with van der Waals surface area (Å²) in [6.07, 6.45) is 1.41. The van der Waals surface area contributed by atoms with Crippen molar-refractivity contribution >= 4 is 22.8 Å². The molecule has 1 aromatic carbocycles. The van der Waals surface area contributed by atoms with Gasteiger partial charge in [0.1, 0.15) is 17.4 Å². The summed E-state index contributed by atoms with van der Waals surface area (Å²) >= 11 is 0. The predicted molar refractivity (Wildman–Crippen MR) is 93.0 cm³/mol. The molecule has 2 heterocycles. The van der Waals surface area contributed by atoms with Gasteiger partial charge in [-0.15, -0.1) is 0 Å². The number of carbonyl (C=O) groups is 2. The van der Waals surface area contributed by atoms with Gasteiger partial charge in [0.15, 0.2) is 5.76 Å². The lowest BCUT2D eigenvalue weighted by atomic mass is 10.1. The van der Waals surface area contributed by atoms with Gasteiger partial charge in [-0.2, -0.15) is 0 Å². The number of benzene rings is 1. The Morgan fingerprint density at radius 2 is 1.88 bits per heavy atom. The molecule has 0 saturated carbocycles. The van der Waals surface area contributed by atoms with E-state index in [2.05, 4.69) is 5.32 Å². The molecule has 2 unspecified atom stereocenters. The molecule has 0 aliphatic carbocycles. The third-order valence-corrected chi connectivity index (χ3v) is 4.25. The second-order valence-corrected chi connectivity index (χ2v) is 5.98. The van der Waals surface area contributed by atoms with Gasteiger partial charge in [-0.25, -0.2) is 0 Å². The van der Waals surface area contributed by atoms with E-state index in [1.807, 2.05) is 37.3 Å². The van der Waals surface area contributed by atoms with Crippen LogP contribution in [0, 0.1) is 0 Å². The van der Waals surface area contributed by atoms with Gasteiger partial charge in [0.05, 0.1) is 12.3 Å². The van der Waals surface area contributed by atoms with Gasteiger partial charge in [-0.05, 0) is 38.1 Å². The molecule has 0 spiro atoms. The maximum atomic E-state index is 12.6. The highest BCUT2D eigenvalue weighted by Crippen LogP contribution is 2.26. The number of furan rings is 2. The highest BCUT2D eigenvalue weighted by molar-refractivity contribution is 5.95. The summed E-state index contributed by atoms with van der Waals surface area (Å²) in [6.45, 7) is 3.53. The summed E-state index contributed by atoms with van der Waals surface area (Å²) in [6, 6.07) is 11.8. The summed E-state index contributed by atoms with van der Waals surface area (Å²) < 4.78 is 10.9. The molecular formula is C19H20N2O4. The summed E-state index contributed by atoms with van der Waals surface area (Å²) in [4.78, 5) is 26.2. The third-order valence-electron chi connectivity index (χ3n) is 4.25. The Kier molecular flexibility index (Phi) is 4.61. The number of rotatable bonds is 5. The van der Waals surface area contributed by atoms with Crippen molar-refractivity contribution in [2.24, 2.45) is 0 Å². The minimum Gasteiger partial charge on any atom is -0.459 e. The van der Waals surface area contributed by atoms with E-state index in [-0.39, 0.29) is 17.7 Å². The van der Waals surface area contributed by atoms with Crippen molar-refractivity contribution in [2.45, 2.75) is 25.9 Å². The number of para-hydroxylation sites is 1. The Hall–Kier alpha value is -3.02. The van der Waals surface area contributed by atoms with Crippen LogP contribution in [0.4, 0.5) is 0 Å². The zero-order chi connectivity index (χ0) is 18.0. The standard InChI is InChI=1S/C19H20N2O4/c1-12(20-18(22)16-9-6-10-24-16)19(23)21(3)13(2)17-11-14-7-4-5-8-15(14)25-17/h4-13H,1-3H3,(H,20,22). The van der Waals surface area contributed by atoms with Crippen molar-refractivity contribution in [2.75, 3.05) is 7.05 Å². The first-order chi connectivity index (χ1) is 12.0. The van der Waals surface area contributed by atoms with Crippen molar-refractivity contribution in [3.05, 3.63) is 60.2 Å². The minimum atomic E-state index is -0.686. The number of nitrogens with zero attached hydrogens (tertiary/aromatic N) is 1. The van der Waals surface area contributed by atoms with Gasteiger partial charge in [-0.1, -0.05) is 18.2 Å². The zero-order valence-electron chi connectivity index (χ0n) is 14.4. The van der Waals surface area contributed by atoms with Crippen molar-refractivity contribution in [3.63, 3.8) is 0 Å².